The molecular weight excluding hydrogens is 256 g/mol. The van der Waals surface area contributed by atoms with Gasteiger partial charge in [-0.3, -0.25) is 19.4 Å². The van der Waals surface area contributed by atoms with Gasteiger partial charge in [0.1, 0.15) is 0 Å². The number of imide groups is 1. The number of benzene rings is 1. The van der Waals surface area contributed by atoms with Gasteiger partial charge in [0, 0.05) is 19.6 Å². The molecule has 0 aromatic heterocycles. The second-order valence-corrected chi connectivity index (χ2v) is 5.47. The van der Waals surface area contributed by atoms with E-state index in [0.717, 1.165) is 25.9 Å². The molecule has 106 valence electrons. The minimum absolute atomic E-state index is 0.0831. The second kappa shape index (κ2) is 5.34. The Kier molecular flexibility index (Phi) is 3.54. The van der Waals surface area contributed by atoms with E-state index in [2.05, 4.69) is 0 Å². The lowest BCUT2D eigenvalue weighted by Crippen LogP contribution is -2.40. The van der Waals surface area contributed by atoms with Crippen molar-refractivity contribution in [1.82, 2.24) is 9.80 Å². The van der Waals surface area contributed by atoms with E-state index in [-0.39, 0.29) is 18.5 Å². The first-order valence-corrected chi connectivity index (χ1v) is 6.99. The molecule has 1 fully saturated rings. The lowest BCUT2D eigenvalue weighted by Gasteiger charge is -2.32. The van der Waals surface area contributed by atoms with Crippen LogP contribution in [0.1, 0.15) is 33.6 Å². The van der Waals surface area contributed by atoms with E-state index in [0.29, 0.717) is 23.6 Å². The van der Waals surface area contributed by atoms with E-state index in [1.165, 1.54) is 4.90 Å². The van der Waals surface area contributed by atoms with Crippen molar-refractivity contribution in [3.05, 3.63) is 35.4 Å². The zero-order valence-corrected chi connectivity index (χ0v) is 11.3. The summed E-state index contributed by atoms with van der Waals surface area (Å²) in [5.41, 5.74) is 1.04. The Morgan fingerprint density at radius 1 is 1.05 bits per heavy atom. The normalized spacial score (nSPS) is 20.6. The van der Waals surface area contributed by atoms with Gasteiger partial charge >= 0.3 is 0 Å². The first kappa shape index (κ1) is 13.3. The molecule has 1 aromatic carbocycles. The van der Waals surface area contributed by atoms with Crippen LogP contribution in [0.5, 0.6) is 0 Å². The summed E-state index contributed by atoms with van der Waals surface area (Å²) >= 11 is 0. The number of aliphatic hydroxyl groups excluding tert-OH is 1. The summed E-state index contributed by atoms with van der Waals surface area (Å²) in [7, 11) is 0. The number of rotatable bonds is 3. The van der Waals surface area contributed by atoms with Crippen molar-refractivity contribution in [3.8, 4) is 0 Å². The van der Waals surface area contributed by atoms with Crippen molar-refractivity contribution >= 4 is 11.8 Å². The highest BCUT2D eigenvalue weighted by Gasteiger charge is 2.36. The van der Waals surface area contributed by atoms with Gasteiger partial charge in [-0.2, -0.15) is 0 Å². The smallest absolute Gasteiger partial charge is 0.261 e. The quantitative estimate of drug-likeness (QED) is 0.834. The summed E-state index contributed by atoms with van der Waals surface area (Å²) in [4.78, 5) is 27.9. The van der Waals surface area contributed by atoms with Crippen molar-refractivity contribution in [2.75, 3.05) is 26.4 Å². The fourth-order valence-corrected chi connectivity index (χ4v) is 2.97. The third kappa shape index (κ3) is 2.23. The third-order valence-corrected chi connectivity index (χ3v) is 4.23. The lowest BCUT2D eigenvalue weighted by molar-refractivity contribution is 0.0508. The van der Waals surface area contributed by atoms with Crippen LogP contribution in [0.2, 0.25) is 0 Å². The number of carbonyl (C=O) groups excluding carboxylic acids is 2. The van der Waals surface area contributed by atoms with Gasteiger partial charge in [-0.05, 0) is 30.9 Å². The molecule has 0 atom stereocenters. The molecule has 1 saturated heterocycles. The molecule has 20 heavy (non-hydrogen) atoms. The van der Waals surface area contributed by atoms with Crippen LogP contribution >= 0.6 is 0 Å². The first-order chi connectivity index (χ1) is 9.70. The van der Waals surface area contributed by atoms with Crippen LogP contribution in [0.15, 0.2) is 24.3 Å². The zero-order valence-electron chi connectivity index (χ0n) is 11.3. The SMILES string of the molecule is O=C1c2ccccc2C(=O)N1CC1CCN(CO)CC1. The molecule has 1 N–H and O–H groups in total. The predicted molar refractivity (Wildman–Crippen MR) is 73.2 cm³/mol. The van der Waals surface area contributed by atoms with Crippen molar-refractivity contribution in [2.45, 2.75) is 12.8 Å². The number of aliphatic hydroxyl groups is 1. The number of hydrogen-bond donors (Lipinski definition) is 1. The summed E-state index contributed by atoms with van der Waals surface area (Å²) in [6.07, 6.45) is 1.82. The molecule has 0 aliphatic carbocycles. The number of piperidine rings is 1. The van der Waals surface area contributed by atoms with Gasteiger partial charge in [-0.15, -0.1) is 0 Å². The Bertz CT molecular complexity index is 501. The highest BCUT2D eigenvalue weighted by atomic mass is 16.3. The van der Waals surface area contributed by atoms with Crippen molar-refractivity contribution < 1.29 is 14.7 Å². The maximum atomic E-state index is 12.3. The fourth-order valence-electron chi connectivity index (χ4n) is 2.97. The van der Waals surface area contributed by atoms with E-state index in [9.17, 15) is 9.59 Å². The van der Waals surface area contributed by atoms with Crippen LogP contribution in [-0.4, -0.2) is 53.1 Å². The number of likely N-dealkylation sites (tertiary alicyclic amines) is 1. The molecule has 0 bridgehead atoms. The van der Waals surface area contributed by atoms with E-state index in [4.69, 9.17) is 5.11 Å². The highest BCUT2D eigenvalue weighted by molar-refractivity contribution is 6.21. The second-order valence-electron chi connectivity index (χ2n) is 5.47. The summed E-state index contributed by atoms with van der Waals surface area (Å²) in [5, 5.41) is 9.07. The maximum absolute atomic E-state index is 12.3. The first-order valence-electron chi connectivity index (χ1n) is 6.99. The van der Waals surface area contributed by atoms with E-state index in [1.807, 2.05) is 4.90 Å². The largest absolute Gasteiger partial charge is 0.381 e. The topological polar surface area (TPSA) is 60.9 Å². The molecule has 2 aliphatic heterocycles. The van der Waals surface area contributed by atoms with Gasteiger partial charge < -0.3 is 5.11 Å². The Balaban J connectivity index is 1.68. The van der Waals surface area contributed by atoms with Crippen molar-refractivity contribution in [3.63, 3.8) is 0 Å². The summed E-state index contributed by atoms with van der Waals surface area (Å²) in [6.45, 7) is 2.22. The average molecular weight is 274 g/mol. The lowest BCUT2D eigenvalue weighted by atomic mass is 9.96. The molecule has 2 amide bonds. The molecule has 2 aliphatic rings. The predicted octanol–water partition coefficient (Wildman–Crippen LogP) is 0.944. The maximum Gasteiger partial charge on any atom is 0.261 e. The van der Waals surface area contributed by atoms with Gasteiger partial charge in [0.2, 0.25) is 0 Å². The summed E-state index contributed by atoms with van der Waals surface area (Å²) in [6, 6.07) is 6.99. The minimum Gasteiger partial charge on any atom is -0.381 e. The average Bonchev–Trinajstić information content (AvgIpc) is 2.74. The van der Waals surface area contributed by atoms with Crippen molar-refractivity contribution in [1.29, 1.82) is 0 Å². The van der Waals surface area contributed by atoms with E-state index < -0.39 is 0 Å². The third-order valence-electron chi connectivity index (χ3n) is 4.23. The molecular formula is C15H18N2O3. The molecule has 5 heteroatoms. The fraction of sp³-hybridized carbons (Fsp3) is 0.467. The molecule has 0 saturated carbocycles. The van der Waals surface area contributed by atoms with Crippen LogP contribution in [0.3, 0.4) is 0 Å². The summed E-state index contributed by atoms with van der Waals surface area (Å²) < 4.78 is 0. The number of fused-ring (bicyclic) bond motifs is 1. The molecule has 0 spiro atoms. The van der Waals surface area contributed by atoms with Crippen molar-refractivity contribution in [2.24, 2.45) is 5.92 Å². The molecule has 2 heterocycles. The van der Waals surface area contributed by atoms with Gasteiger partial charge in [0.25, 0.3) is 11.8 Å². The number of nitrogens with zero attached hydrogens (tertiary/aromatic N) is 2. The van der Waals surface area contributed by atoms with Gasteiger partial charge in [0.15, 0.2) is 0 Å². The van der Waals surface area contributed by atoms with E-state index >= 15 is 0 Å². The van der Waals surface area contributed by atoms with Crippen LogP contribution < -0.4 is 0 Å². The van der Waals surface area contributed by atoms with Gasteiger partial charge in [-0.25, -0.2) is 0 Å². The number of carbonyl (C=O) groups is 2. The number of amides is 2. The zero-order chi connectivity index (χ0) is 14.1. The minimum atomic E-state index is -0.171. The highest BCUT2D eigenvalue weighted by Crippen LogP contribution is 2.26. The Morgan fingerprint density at radius 2 is 1.60 bits per heavy atom. The number of hydrogen-bond acceptors (Lipinski definition) is 4. The van der Waals surface area contributed by atoms with Gasteiger partial charge in [-0.1, -0.05) is 12.1 Å². The molecule has 0 radical (unpaired) electrons. The van der Waals surface area contributed by atoms with Crippen LogP contribution in [-0.2, 0) is 0 Å². The van der Waals surface area contributed by atoms with Crippen LogP contribution in [0.25, 0.3) is 0 Å². The molecule has 5 nitrogen and oxygen atoms in total. The van der Waals surface area contributed by atoms with Crippen LogP contribution in [0.4, 0.5) is 0 Å². The van der Waals surface area contributed by atoms with Crippen LogP contribution in [0, 0.1) is 5.92 Å². The Morgan fingerprint density at radius 3 is 2.10 bits per heavy atom. The molecule has 3 rings (SSSR count). The standard InChI is InChI=1S/C15H18N2O3/c18-10-16-7-5-11(6-8-16)9-17-14(19)12-3-1-2-4-13(12)15(17)20/h1-4,11,18H,5-10H2. The Labute approximate surface area is 117 Å². The molecule has 1 aromatic rings. The Hall–Kier alpha value is -1.72. The monoisotopic (exact) mass is 274 g/mol. The summed E-state index contributed by atoms with van der Waals surface area (Å²) in [5.74, 6) is -0.00890. The van der Waals surface area contributed by atoms with Gasteiger partial charge in [0.05, 0.1) is 17.9 Å². The molecule has 0 unspecified atom stereocenters. The van der Waals surface area contributed by atoms with E-state index in [1.54, 1.807) is 24.3 Å².